The Hall–Kier alpha value is -1.32. The molecule has 1 atom stereocenters. The topological polar surface area (TPSA) is 46.9 Å². The number of aryl methyl sites for hydroxylation is 1. The standard InChI is InChI=1S/C11H19N3O/c1-5-14-7-6-12-10(11(14)15)13-9(4)8(2)3/h6-9H,5H2,1-4H3,(H,12,13). The average Bonchev–Trinajstić information content (AvgIpc) is 2.21. The highest BCUT2D eigenvalue weighted by Crippen LogP contribution is 2.05. The van der Waals surface area contributed by atoms with Gasteiger partial charge < -0.3 is 9.88 Å². The summed E-state index contributed by atoms with van der Waals surface area (Å²) in [7, 11) is 0. The van der Waals surface area contributed by atoms with E-state index in [0.29, 0.717) is 18.3 Å². The minimum atomic E-state index is -0.0486. The number of nitrogens with one attached hydrogen (secondary N) is 1. The fraction of sp³-hybridized carbons (Fsp3) is 0.636. The molecule has 1 aromatic rings. The second kappa shape index (κ2) is 4.96. The summed E-state index contributed by atoms with van der Waals surface area (Å²) < 4.78 is 1.64. The van der Waals surface area contributed by atoms with Crippen LogP contribution >= 0.6 is 0 Å². The Morgan fingerprint density at radius 3 is 2.67 bits per heavy atom. The van der Waals surface area contributed by atoms with Gasteiger partial charge in [-0.05, 0) is 19.8 Å². The highest BCUT2D eigenvalue weighted by molar-refractivity contribution is 5.32. The van der Waals surface area contributed by atoms with Gasteiger partial charge in [0.1, 0.15) is 0 Å². The van der Waals surface area contributed by atoms with Crippen molar-refractivity contribution in [2.45, 2.75) is 40.3 Å². The Labute approximate surface area is 90.3 Å². The van der Waals surface area contributed by atoms with Crippen LogP contribution in [0.5, 0.6) is 0 Å². The van der Waals surface area contributed by atoms with Crippen LogP contribution in [0.15, 0.2) is 17.2 Å². The molecule has 0 fully saturated rings. The molecule has 4 nitrogen and oxygen atoms in total. The van der Waals surface area contributed by atoms with Gasteiger partial charge in [0.2, 0.25) is 0 Å². The lowest BCUT2D eigenvalue weighted by Gasteiger charge is -2.17. The smallest absolute Gasteiger partial charge is 0.293 e. The van der Waals surface area contributed by atoms with Crippen molar-refractivity contribution in [1.82, 2.24) is 9.55 Å². The molecule has 1 heterocycles. The number of hydrogen-bond acceptors (Lipinski definition) is 3. The van der Waals surface area contributed by atoms with E-state index in [1.165, 1.54) is 0 Å². The Balaban J connectivity index is 2.91. The second-order valence-corrected chi connectivity index (χ2v) is 4.04. The van der Waals surface area contributed by atoms with Gasteiger partial charge in [-0.3, -0.25) is 4.79 Å². The van der Waals surface area contributed by atoms with Crippen molar-refractivity contribution in [3.05, 3.63) is 22.7 Å². The summed E-state index contributed by atoms with van der Waals surface area (Å²) in [5.74, 6) is 0.919. The lowest BCUT2D eigenvalue weighted by atomic mass is 10.1. The summed E-state index contributed by atoms with van der Waals surface area (Å²) in [5.41, 5.74) is -0.0486. The third kappa shape index (κ3) is 2.81. The Morgan fingerprint density at radius 2 is 2.13 bits per heavy atom. The van der Waals surface area contributed by atoms with Crippen molar-refractivity contribution in [1.29, 1.82) is 0 Å². The maximum atomic E-state index is 11.8. The Kier molecular flexibility index (Phi) is 3.88. The van der Waals surface area contributed by atoms with Gasteiger partial charge in [-0.1, -0.05) is 13.8 Å². The number of hydrogen-bond donors (Lipinski definition) is 1. The second-order valence-electron chi connectivity index (χ2n) is 4.04. The highest BCUT2D eigenvalue weighted by atomic mass is 16.1. The molecule has 1 aromatic heterocycles. The highest BCUT2D eigenvalue weighted by Gasteiger charge is 2.10. The number of aromatic nitrogens is 2. The fourth-order valence-electron chi connectivity index (χ4n) is 1.18. The molecule has 84 valence electrons. The molecule has 15 heavy (non-hydrogen) atoms. The number of anilines is 1. The van der Waals surface area contributed by atoms with Crippen molar-refractivity contribution in [2.24, 2.45) is 5.92 Å². The van der Waals surface area contributed by atoms with Crippen LogP contribution in [-0.2, 0) is 6.54 Å². The third-order valence-corrected chi connectivity index (χ3v) is 2.62. The van der Waals surface area contributed by atoms with Crippen LogP contribution in [0.25, 0.3) is 0 Å². The third-order valence-electron chi connectivity index (χ3n) is 2.62. The van der Waals surface area contributed by atoms with E-state index in [4.69, 9.17) is 0 Å². The van der Waals surface area contributed by atoms with E-state index >= 15 is 0 Å². The molecule has 0 radical (unpaired) electrons. The van der Waals surface area contributed by atoms with E-state index in [0.717, 1.165) is 0 Å². The van der Waals surface area contributed by atoms with E-state index in [2.05, 4.69) is 31.1 Å². The summed E-state index contributed by atoms with van der Waals surface area (Å²) in [4.78, 5) is 15.9. The van der Waals surface area contributed by atoms with E-state index in [-0.39, 0.29) is 11.6 Å². The van der Waals surface area contributed by atoms with Crippen LogP contribution in [-0.4, -0.2) is 15.6 Å². The predicted molar refractivity (Wildman–Crippen MR) is 62.1 cm³/mol. The molecule has 0 aromatic carbocycles. The van der Waals surface area contributed by atoms with E-state index < -0.39 is 0 Å². The van der Waals surface area contributed by atoms with Gasteiger partial charge in [-0.25, -0.2) is 4.98 Å². The molecule has 4 heteroatoms. The molecule has 0 aliphatic carbocycles. The van der Waals surface area contributed by atoms with Crippen molar-refractivity contribution >= 4 is 5.82 Å². The summed E-state index contributed by atoms with van der Waals surface area (Å²) in [5, 5.41) is 3.14. The van der Waals surface area contributed by atoms with Crippen LogP contribution in [0, 0.1) is 5.92 Å². The summed E-state index contributed by atoms with van der Waals surface area (Å²) in [6.07, 6.45) is 3.35. The first-order chi connectivity index (χ1) is 7.06. The lowest BCUT2D eigenvalue weighted by Crippen LogP contribution is -2.29. The quantitative estimate of drug-likeness (QED) is 0.821. The van der Waals surface area contributed by atoms with E-state index in [9.17, 15) is 4.79 Å². The molecule has 0 spiro atoms. The molecular weight excluding hydrogens is 190 g/mol. The summed E-state index contributed by atoms with van der Waals surface area (Å²) >= 11 is 0. The van der Waals surface area contributed by atoms with Crippen molar-refractivity contribution in [3.63, 3.8) is 0 Å². The molecule has 1 rings (SSSR count). The lowest BCUT2D eigenvalue weighted by molar-refractivity contribution is 0.556. The molecule has 0 bridgehead atoms. The first kappa shape index (κ1) is 11.8. The van der Waals surface area contributed by atoms with Gasteiger partial charge in [0.25, 0.3) is 5.56 Å². The predicted octanol–water partition coefficient (Wildman–Crippen LogP) is 1.72. The molecule has 1 unspecified atom stereocenters. The van der Waals surface area contributed by atoms with Crippen LogP contribution in [0.3, 0.4) is 0 Å². The maximum absolute atomic E-state index is 11.8. The average molecular weight is 209 g/mol. The first-order valence-electron chi connectivity index (χ1n) is 5.38. The molecule has 0 aliphatic heterocycles. The molecular formula is C11H19N3O. The Bertz CT molecular complexity index is 370. The minimum absolute atomic E-state index is 0.0486. The first-order valence-corrected chi connectivity index (χ1v) is 5.38. The fourth-order valence-corrected chi connectivity index (χ4v) is 1.18. The van der Waals surface area contributed by atoms with Crippen molar-refractivity contribution < 1.29 is 0 Å². The zero-order chi connectivity index (χ0) is 11.4. The van der Waals surface area contributed by atoms with Gasteiger partial charge in [-0.2, -0.15) is 0 Å². The van der Waals surface area contributed by atoms with Gasteiger partial charge in [-0.15, -0.1) is 0 Å². The minimum Gasteiger partial charge on any atom is -0.363 e. The SMILES string of the molecule is CCn1ccnc(NC(C)C(C)C)c1=O. The van der Waals surface area contributed by atoms with Crippen LogP contribution in [0.2, 0.25) is 0 Å². The van der Waals surface area contributed by atoms with Crippen molar-refractivity contribution in [3.8, 4) is 0 Å². The van der Waals surface area contributed by atoms with Gasteiger partial charge in [0.05, 0.1) is 0 Å². The molecule has 0 saturated carbocycles. The number of rotatable bonds is 4. The zero-order valence-electron chi connectivity index (χ0n) is 9.82. The van der Waals surface area contributed by atoms with E-state index in [1.807, 2.05) is 6.92 Å². The molecule has 0 amide bonds. The Morgan fingerprint density at radius 1 is 1.47 bits per heavy atom. The zero-order valence-corrected chi connectivity index (χ0v) is 9.82. The number of nitrogens with zero attached hydrogens (tertiary/aromatic N) is 2. The van der Waals surface area contributed by atoms with Crippen molar-refractivity contribution in [2.75, 3.05) is 5.32 Å². The van der Waals surface area contributed by atoms with Crippen LogP contribution in [0.1, 0.15) is 27.7 Å². The summed E-state index contributed by atoms with van der Waals surface area (Å²) in [6.45, 7) is 8.89. The largest absolute Gasteiger partial charge is 0.363 e. The van der Waals surface area contributed by atoms with Gasteiger partial charge >= 0.3 is 0 Å². The molecule has 1 N–H and O–H groups in total. The summed E-state index contributed by atoms with van der Waals surface area (Å²) in [6, 6.07) is 0.248. The maximum Gasteiger partial charge on any atom is 0.293 e. The normalized spacial score (nSPS) is 12.9. The van der Waals surface area contributed by atoms with Gasteiger partial charge in [0, 0.05) is 25.0 Å². The van der Waals surface area contributed by atoms with Crippen LogP contribution in [0.4, 0.5) is 5.82 Å². The molecule has 0 aliphatic rings. The van der Waals surface area contributed by atoms with E-state index in [1.54, 1.807) is 17.0 Å². The monoisotopic (exact) mass is 209 g/mol. The molecule has 0 saturated heterocycles. The van der Waals surface area contributed by atoms with Gasteiger partial charge in [0.15, 0.2) is 5.82 Å². The van der Waals surface area contributed by atoms with Crippen LogP contribution < -0.4 is 10.9 Å².